The first-order valence-corrected chi connectivity index (χ1v) is 8.19. The number of hydrogen-bond acceptors (Lipinski definition) is 2. The molecule has 0 fully saturated rings. The lowest BCUT2D eigenvalue weighted by atomic mass is 10.1. The van der Waals surface area contributed by atoms with Crippen molar-refractivity contribution < 1.29 is 4.74 Å². The minimum atomic E-state index is 0.601. The number of nitriles is 1. The molecule has 4 heteroatoms. The highest BCUT2D eigenvalue weighted by Gasteiger charge is 2.06. The molecule has 0 bridgehead atoms. The van der Waals surface area contributed by atoms with Gasteiger partial charge in [0.15, 0.2) is 0 Å². The Balaban J connectivity index is 1.95. The molecule has 0 radical (unpaired) electrons. The van der Waals surface area contributed by atoms with Crippen LogP contribution in [0.2, 0.25) is 5.02 Å². The predicted molar refractivity (Wildman–Crippen MR) is 102 cm³/mol. The van der Waals surface area contributed by atoms with E-state index in [1.807, 2.05) is 55.6 Å². The van der Waals surface area contributed by atoms with Crippen LogP contribution in [0.5, 0.6) is 5.75 Å². The van der Waals surface area contributed by atoms with Crippen LogP contribution in [0, 0.1) is 18.3 Å². The van der Waals surface area contributed by atoms with Crippen molar-refractivity contribution in [3.63, 3.8) is 0 Å². The highest BCUT2D eigenvalue weighted by Crippen LogP contribution is 2.23. The van der Waals surface area contributed by atoms with E-state index in [0.29, 0.717) is 10.6 Å². The molecule has 3 rings (SSSR count). The van der Waals surface area contributed by atoms with Gasteiger partial charge >= 0.3 is 0 Å². The Bertz CT molecular complexity index is 945. The zero-order valence-electron chi connectivity index (χ0n) is 14.0. The van der Waals surface area contributed by atoms with E-state index in [9.17, 15) is 5.26 Å². The summed E-state index contributed by atoms with van der Waals surface area (Å²) in [5.41, 5.74) is 4.55. The van der Waals surface area contributed by atoms with Gasteiger partial charge in [-0.15, -0.1) is 0 Å². The number of ether oxygens (including phenoxy) is 1. The summed E-state index contributed by atoms with van der Waals surface area (Å²) < 4.78 is 7.29. The smallest absolute Gasteiger partial charge is 0.119 e. The van der Waals surface area contributed by atoms with Crippen LogP contribution in [0.4, 0.5) is 0 Å². The summed E-state index contributed by atoms with van der Waals surface area (Å²) in [6.45, 7) is 2.04. The number of allylic oxidation sites excluding steroid dienone is 1. The van der Waals surface area contributed by atoms with Gasteiger partial charge in [-0.1, -0.05) is 23.7 Å². The van der Waals surface area contributed by atoms with Crippen molar-refractivity contribution in [3.8, 4) is 17.5 Å². The first kappa shape index (κ1) is 16.9. The summed E-state index contributed by atoms with van der Waals surface area (Å²) in [6.07, 6.45) is 3.90. The number of aromatic nitrogens is 1. The lowest BCUT2D eigenvalue weighted by molar-refractivity contribution is 0.414. The molecule has 1 heterocycles. The number of halogens is 1. The van der Waals surface area contributed by atoms with Gasteiger partial charge in [-0.2, -0.15) is 5.26 Å². The molecule has 0 unspecified atom stereocenters. The van der Waals surface area contributed by atoms with E-state index in [4.69, 9.17) is 16.3 Å². The van der Waals surface area contributed by atoms with Crippen molar-refractivity contribution in [2.45, 2.75) is 6.92 Å². The highest BCUT2D eigenvalue weighted by atomic mass is 35.5. The summed E-state index contributed by atoms with van der Waals surface area (Å²) in [5, 5.41) is 10.1. The number of aryl methyl sites for hydroxylation is 1. The second kappa shape index (κ2) is 7.29. The molecule has 3 nitrogen and oxygen atoms in total. The fourth-order valence-electron chi connectivity index (χ4n) is 2.68. The normalized spacial score (nSPS) is 11.2. The molecule has 0 saturated carbocycles. The molecule has 0 spiro atoms. The number of nitrogens with zero attached hydrogens (tertiary/aromatic N) is 2. The average molecular weight is 349 g/mol. The Morgan fingerprint density at radius 1 is 1.12 bits per heavy atom. The number of methoxy groups -OCH3 is 1. The minimum absolute atomic E-state index is 0.601. The van der Waals surface area contributed by atoms with Crippen molar-refractivity contribution in [1.29, 1.82) is 5.26 Å². The Labute approximate surface area is 152 Å². The molecule has 0 aliphatic heterocycles. The summed E-state index contributed by atoms with van der Waals surface area (Å²) in [7, 11) is 1.65. The van der Waals surface area contributed by atoms with Crippen molar-refractivity contribution in [2.75, 3.05) is 7.11 Å². The highest BCUT2D eigenvalue weighted by molar-refractivity contribution is 6.30. The molecule has 0 amide bonds. The molecule has 0 aliphatic carbocycles. The van der Waals surface area contributed by atoms with Crippen LogP contribution in [0.3, 0.4) is 0 Å². The van der Waals surface area contributed by atoms with Crippen molar-refractivity contribution >= 4 is 23.3 Å². The van der Waals surface area contributed by atoms with Gasteiger partial charge in [0.1, 0.15) is 5.75 Å². The summed E-state index contributed by atoms with van der Waals surface area (Å²) >= 11 is 5.92. The Kier molecular flexibility index (Phi) is 4.92. The maximum absolute atomic E-state index is 9.49. The van der Waals surface area contributed by atoms with Gasteiger partial charge < -0.3 is 9.30 Å². The monoisotopic (exact) mass is 348 g/mol. The molecule has 0 atom stereocenters. The van der Waals surface area contributed by atoms with Crippen LogP contribution in [-0.4, -0.2) is 11.7 Å². The third-order valence-electron chi connectivity index (χ3n) is 3.97. The Hall–Kier alpha value is -2.96. The minimum Gasteiger partial charge on any atom is -0.497 e. The maximum Gasteiger partial charge on any atom is 0.119 e. The molecule has 124 valence electrons. The molecule has 0 N–H and O–H groups in total. The third kappa shape index (κ3) is 3.76. The maximum atomic E-state index is 9.49. The van der Waals surface area contributed by atoms with Gasteiger partial charge in [-0.05, 0) is 66.6 Å². The molecular formula is C21H17ClN2O. The molecule has 1 aromatic heterocycles. The van der Waals surface area contributed by atoms with Gasteiger partial charge in [-0.3, -0.25) is 0 Å². The SMILES string of the molecule is COc1ccc(-n2cc(/C=C(\C#N)c3ccc(Cl)cc3)cc2C)cc1. The van der Waals surface area contributed by atoms with Crippen LogP contribution in [-0.2, 0) is 0 Å². The molecular weight excluding hydrogens is 332 g/mol. The zero-order chi connectivity index (χ0) is 17.8. The number of benzene rings is 2. The molecule has 0 aliphatic rings. The summed E-state index contributed by atoms with van der Waals surface area (Å²) in [6, 6.07) is 19.5. The van der Waals surface area contributed by atoms with Crippen LogP contribution >= 0.6 is 11.6 Å². The molecule has 2 aromatic carbocycles. The lowest BCUT2D eigenvalue weighted by Crippen LogP contribution is -1.94. The van der Waals surface area contributed by atoms with E-state index < -0.39 is 0 Å². The van der Waals surface area contributed by atoms with Crippen LogP contribution < -0.4 is 4.74 Å². The van der Waals surface area contributed by atoms with E-state index in [-0.39, 0.29) is 0 Å². The van der Waals surface area contributed by atoms with Crippen molar-refractivity contribution in [3.05, 3.63) is 82.6 Å². The average Bonchev–Trinajstić information content (AvgIpc) is 3.01. The van der Waals surface area contributed by atoms with Crippen LogP contribution in [0.25, 0.3) is 17.3 Å². The summed E-state index contributed by atoms with van der Waals surface area (Å²) in [5.74, 6) is 0.822. The van der Waals surface area contributed by atoms with Gasteiger partial charge in [0, 0.05) is 22.6 Å². The summed E-state index contributed by atoms with van der Waals surface area (Å²) in [4.78, 5) is 0. The standard InChI is InChI=1S/C21H17ClN2O/c1-15-11-16(12-18(13-23)17-3-5-19(22)6-4-17)14-24(15)20-7-9-21(25-2)10-8-20/h3-12,14H,1-2H3/b18-12+. The first-order valence-electron chi connectivity index (χ1n) is 7.82. The molecule has 25 heavy (non-hydrogen) atoms. The van der Waals surface area contributed by atoms with Crippen LogP contribution in [0.1, 0.15) is 16.8 Å². The fourth-order valence-corrected chi connectivity index (χ4v) is 2.80. The van der Waals surface area contributed by atoms with Crippen molar-refractivity contribution in [2.24, 2.45) is 0 Å². The van der Waals surface area contributed by atoms with E-state index in [0.717, 1.165) is 28.3 Å². The van der Waals surface area contributed by atoms with E-state index in [1.54, 1.807) is 19.2 Å². The number of rotatable bonds is 4. The van der Waals surface area contributed by atoms with E-state index >= 15 is 0 Å². The molecule has 0 saturated heterocycles. The second-order valence-electron chi connectivity index (χ2n) is 5.66. The first-order chi connectivity index (χ1) is 12.1. The van der Waals surface area contributed by atoms with Crippen molar-refractivity contribution in [1.82, 2.24) is 4.57 Å². The predicted octanol–water partition coefficient (Wildman–Crippen LogP) is 5.51. The Morgan fingerprint density at radius 3 is 2.40 bits per heavy atom. The van der Waals surface area contributed by atoms with Crippen LogP contribution in [0.15, 0.2) is 60.8 Å². The Morgan fingerprint density at radius 2 is 1.80 bits per heavy atom. The van der Waals surface area contributed by atoms with E-state index in [2.05, 4.69) is 16.7 Å². The topological polar surface area (TPSA) is 38.0 Å². The largest absolute Gasteiger partial charge is 0.497 e. The lowest BCUT2D eigenvalue weighted by Gasteiger charge is -2.06. The third-order valence-corrected chi connectivity index (χ3v) is 4.22. The van der Waals surface area contributed by atoms with Gasteiger partial charge in [0.05, 0.1) is 18.8 Å². The molecule has 3 aromatic rings. The van der Waals surface area contributed by atoms with E-state index in [1.165, 1.54) is 0 Å². The van der Waals surface area contributed by atoms with Gasteiger partial charge in [-0.25, -0.2) is 0 Å². The second-order valence-corrected chi connectivity index (χ2v) is 6.10. The van der Waals surface area contributed by atoms with Gasteiger partial charge in [0.25, 0.3) is 0 Å². The number of hydrogen-bond donors (Lipinski definition) is 0. The van der Waals surface area contributed by atoms with Gasteiger partial charge in [0.2, 0.25) is 0 Å². The fraction of sp³-hybridized carbons (Fsp3) is 0.0952. The quantitative estimate of drug-likeness (QED) is 0.583. The zero-order valence-corrected chi connectivity index (χ0v) is 14.8.